The quantitative estimate of drug-likeness (QED) is 0.249. The minimum absolute atomic E-state index is 0.00440. The Morgan fingerprint density at radius 1 is 1.12 bits per heavy atom. The number of rotatable bonds is 8. The van der Waals surface area contributed by atoms with Gasteiger partial charge in [-0.25, -0.2) is 9.18 Å². The molecule has 2 heterocycles. The van der Waals surface area contributed by atoms with E-state index in [9.17, 15) is 27.2 Å². The van der Waals surface area contributed by atoms with E-state index in [-0.39, 0.29) is 24.1 Å². The van der Waals surface area contributed by atoms with Crippen molar-refractivity contribution < 1.29 is 27.2 Å². The zero-order valence-corrected chi connectivity index (χ0v) is 23.3. The Morgan fingerprint density at radius 2 is 1.78 bits per heavy atom. The summed E-state index contributed by atoms with van der Waals surface area (Å²) in [7, 11) is 1.47. The number of halogens is 4. The molecule has 0 bridgehead atoms. The highest BCUT2D eigenvalue weighted by molar-refractivity contribution is 5.87. The van der Waals surface area contributed by atoms with E-state index < -0.39 is 41.1 Å². The number of fused-ring (bicyclic) bond motifs is 1. The van der Waals surface area contributed by atoms with Gasteiger partial charge >= 0.3 is 12.2 Å². The van der Waals surface area contributed by atoms with Crippen molar-refractivity contribution in [2.24, 2.45) is 5.41 Å². The van der Waals surface area contributed by atoms with Crippen LogP contribution in [0.1, 0.15) is 53.6 Å². The molecule has 0 aliphatic carbocycles. The third-order valence-electron chi connectivity index (χ3n) is 8.35. The van der Waals surface area contributed by atoms with Crippen molar-refractivity contribution >= 4 is 11.9 Å². The first kappa shape index (κ1) is 30.1. The van der Waals surface area contributed by atoms with Gasteiger partial charge in [0.2, 0.25) is 5.91 Å². The maximum atomic E-state index is 14.3. The van der Waals surface area contributed by atoms with E-state index in [1.165, 1.54) is 18.0 Å². The Hall–Kier alpha value is -3.88. The number of hydrogen-bond acceptors (Lipinski definition) is 2. The average Bonchev–Trinajstić information content (AvgIpc) is 3.19. The number of carbonyl (C=O) groups excluding carboxylic acids is 2. The number of carbonyl (C=O) groups is 2. The molecule has 0 saturated carbocycles. The Bertz CT molecular complexity index is 1340. The summed E-state index contributed by atoms with van der Waals surface area (Å²) in [6.45, 7) is 13.9. The summed E-state index contributed by atoms with van der Waals surface area (Å²) >= 11 is 0. The average molecular weight is 570 g/mol. The molecule has 0 N–H and O–H groups in total. The van der Waals surface area contributed by atoms with Crippen molar-refractivity contribution in [1.82, 2.24) is 14.7 Å². The van der Waals surface area contributed by atoms with Crippen LogP contribution in [0.4, 0.5) is 22.4 Å². The second-order valence-electron chi connectivity index (χ2n) is 10.9. The zero-order valence-electron chi connectivity index (χ0n) is 23.3. The van der Waals surface area contributed by atoms with Crippen molar-refractivity contribution in [1.29, 1.82) is 0 Å². The van der Waals surface area contributed by atoms with E-state index >= 15 is 0 Å². The topological polar surface area (TPSA) is 43.9 Å². The van der Waals surface area contributed by atoms with Gasteiger partial charge in [-0.3, -0.25) is 4.79 Å². The monoisotopic (exact) mass is 569 g/mol. The number of urea groups is 1. The van der Waals surface area contributed by atoms with Gasteiger partial charge in [0, 0.05) is 20.1 Å². The lowest BCUT2D eigenvalue weighted by Gasteiger charge is -2.47. The van der Waals surface area contributed by atoms with Gasteiger partial charge in [0.1, 0.15) is 5.82 Å². The number of benzene rings is 2. The van der Waals surface area contributed by atoms with Crippen LogP contribution in [0.2, 0.25) is 0 Å². The molecular formula is C32H35F4N3O2. The predicted molar refractivity (Wildman–Crippen MR) is 150 cm³/mol. The molecule has 41 heavy (non-hydrogen) atoms. The van der Waals surface area contributed by atoms with Crippen LogP contribution in [0.5, 0.6) is 0 Å². The molecule has 4 rings (SSSR count). The van der Waals surface area contributed by atoms with Crippen molar-refractivity contribution in [3.05, 3.63) is 109 Å². The largest absolute Gasteiger partial charge is 0.416 e. The summed E-state index contributed by atoms with van der Waals surface area (Å²) < 4.78 is 54.6. The Balaban J connectivity index is 1.75. The van der Waals surface area contributed by atoms with Crippen LogP contribution in [0.15, 0.2) is 80.4 Å². The summed E-state index contributed by atoms with van der Waals surface area (Å²) in [5.41, 5.74) is -0.0696. The summed E-state index contributed by atoms with van der Waals surface area (Å²) in [5.74, 6) is -1.05. The molecule has 2 aromatic carbocycles. The molecule has 0 radical (unpaired) electrons. The number of alkyl halides is 3. The van der Waals surface area contributed by atoms with Gasteiger partial charge in [0.25, 0.3) is 0 Å². The molecule has 3 atom stereocenters. The first-order valence-electron chi connectivity index (χ1n) is 13.5. The van der Waals surface area contributed by atoms with E-state index in [0.717, 1.165) is 23.3 Å². The minimum Gasteiger partial charge on any atom is -0.335 e. The lowest BCUT2D eigenvalue weighted by atomic mass is 9.76. The van der Waals surface area contributed by atoms with Gasteiger partial charge in [-0.05, 0) is 61.1 Å². The smallest absolute Gasteiger partial charge is 0.335 e. The molecule has 5 nitrogen and oxygen atoms in total. The Morgan fingerprint density at radius 3 is 2.37 bits per heavy atom. The van der Waals surface area contributed by atoms with Crippen LogP contribution in [0.25, 0.3) is 0 Å². The molecule has 0 unspecified atom stereocenters. The molecule has 2 aliphatic rings. The first-order valence-corrected chi connectivity index (χ1v) is 13.5. The zero-order chi connectivity index (χ0) is 30.1. The predicted octanol–water partition coefficient (Wildman–Crippen LogP) is 7.23. The van der Waals surface area contributed by atoms with Crippen molar-refractivity contribution in [3.8, 4) is 0 Å². The van der Waals surface area contributed by atoms with E-state index in [4.69, 9.17) is 0 Å². The summed E-state index contributed by atoms with van der Waals surface area (Å²) in [5, 5.41) is 0. The molecule has 218 valence electrons. The fraction of sp³-hybridized carbons (Fsp3) is 0.375. The molecule has 9 heteroatoms. The van der Waals surface area contributed by atoms with Gasteiger partial charge < -0.3 is 14.7 Å². The lowest BCUT2D eigenvalue weighted by Crippen LogP contribution is -2.57. The summed E-state index contributed by atoms with van der Waals surface area (Å²) in [6.07, 6.45) is 1.47. The van der Waals surface area contributed by atoms with E-state index in [1.807, 2.05) is 36.1 Å². The minimum atomic E-state index is -4.75. The van der Waals surface area contributed by atoms with Crippen LogP contribution >= 0.6 is 0 Å². The molecule has 2 aliphatic heterocycles. The van der Waals surface area contributed by atoms with Crippen LogP contribution in [0.3, 0.4) is 0 Å². The summed E-state index contributed by atoms with van der Waals surface area (Å²) in [6, 6.07) is 7.57. The number of likely N-dealkylation sites (N-methyl/N-ethyl adjacent to an activating group) is 1. The molecule has 2 saturated heterocycles. The van der Waals surface area contributed by atoms with E-state index in [2.05, 4.69) is 19.7 Å². The number of amides is 3. The fourth-order valence-corrected chi connectivity index (χ4v) is 6.44. The van der Waals surface area contributed by atoms with Crippen molar-refractivity contribution in [2.75, 3.05) is 20.1 Å². The maximum Gasteiger partial charge on any atom is 0.416 e. The highest BCUT2D eigenvalue weighted by Crippen LogP contribution is 2.50. The first-order chi connectivity index (χ1) is 19.4. The molecule has 3 amide bonds. The van der Waals surface area contributed by atoms with Gasteiger partial charge in [-0.1, -0.05) is 42.5 Å². The standard InChI is InChI=1S/C32H35F4N3O2/c1-6-13-31(14-7-2)20-27-28(25-12-10-9-11-21(25)4)39(16-15-38(27)29(31)40)30(41)37(5)26(8-3)22-17-23(32(34,35)36)19-24(33)18-22/h6-12,17-19,26-28H,1-3,13-16,20H2,4-5H3/t26-,27+,28+/m1/s1. The molecule has 2 aromatic rings. The van der Waals surface area contributed by atoms with Gasteiger partial charge in [0.15, 0.2) is 0 Å². The third-order valence-corrected chi connectivity index (χ3v) is 8.35. The molecule has 0 spiro atoms. The van der Waals surface area contributed by atoms with Gasteiger partial charge in [-0.15, -0.1) is 19.7 Å². The SMILES string of the molecule is C=CCC1(CC=C)C[C@H]2[C@H](c3ccccc3C)N(C(=O)N(C)[C@H](C=C)c3cc(F)cc(C(F)(F)F)c3)CCN2C1=O. The van der Waals surface area contributed by atoms with Crippen molar-refractivity contribution in [2.45, 2.75) is 50.5 Å². The van der Waals surface area contributed by atoms with Crippen LogP contribution in [-0.4, -0.2) is 52.8 Å². The number of aryl methyl sites for hydroxylation is 1. The maximum absolute atomic E-state index is 14.3. The second-order valence-corrected chi connectivity index (χ2v) is 10.9. The van der Waals surface area contributed by atoms with Crippen LogP contribution < -0.4 is 0 Å². The third kappa shape index (κ3) is 5.54. The molecule has 0 aromatic heterocycles. The fourth-order valence-electron chi connectivity index (χ4n) is 6.44. The van der Waals surface area contributed by atoms with E-state index in [1.54, 1.807) is 17.1 Å². The normalized spacial score (nSPS) is 20.8. The Labute approximate surface area is 238 Å². The van der Waals surface area contributed by atoms with Gasteiger partial charge in [-0.2, -0.15) is 13.2 Å². The second kappa shape index (κ2) is 11.5. The highest BCUT2D eigenvalue weighted by atomic mass is 19.4. The van der Waals surface area contributed by atoms with Gasteiger partial charge in [0.05, 0.1) is 29.1 Å². The molecular weight excluding hydrogens is 534 g/mol. The lowest BCUT2D eigenvalue weighted by molar-refractivity contribution is -0.139. The highest BCUT2D eigenvalue weighted by Gasteiger charge is 2.56. The summed E-state index contributed by atoms with van der Waals surface area (Å²) in [4.78, 5) is 32.7. The number of nitrogens with zero attached hydrogens (tertiary/aromatic N) is 3. The van der Waals surface area contributed by atoms with E-state index in [0.29, 0.717) is 31.9 Å². The molecule has 2 fully saturated rings. The van der Waals surface area contributed by atoms with Crippen molar-refractivity contribution in [3.63, 3.8) is 0 Å². The number of allylic oxidation sites excluding steroid dienone is 2. The number of piperazine rings is 1. The number of hydrogen-bond donors (Lipinski definition) is 0. The Kier molecular flexibility index (Phi) is 8.47. The van der Waals surface area contributed by atoms with Crippen LogP contribution in [0, 0.1) is 18.2 Å². The van der Waals surface area contributed by atoms with Crippen LogP contribution in [-0.2, 0) is 11.0 Å².